The van der Waals surface area contributed by atoms with E-state index in [1.807, 2.05) is 25.1 Å². The highest BCUT2D eigenvalue weighted by atomic mass is 32.2. The maximum absolute atomic E-state index is 12.4. The Balaban J connectivity index is 2.12. The number of hydrogen-bond acceptors (Lipinski definition) is 4. The summed E-state index contributed by atoms with van der Waals surface area (Å²) in [5.41, 5.74) is 2.61. The summed E-state index contributed by atoms with van der Waals surface area (Å²) in [6.07, 6.45) is 5.71. The molecule has 0 bridgehead atoms. The predicted molar refractivity (Wildman–Crippen MR) is 112 cm³/mol. The fourth-order valence-corrected chi connectivity index (χ4v) is 4.73. The standard InChI is InChI=1S/C20H33N3O3S/c1-5-22(6-2)18-11-12-19(16(3)15-18)23(27(4,25)26)14-13-20(24)21-17-9-7-8-10-17/h11-12,15,17H,5-10,13-14H2,1-4H3,(H,21,24). The maximum atomic E-state index is 12.4. The van der Waals surface area contributed by atoms with Crippen molar-refractivity contribution in [2.45, 2.75) is 58.9 Å². The highest BCUT2D eigenvalue weighted by Gasteiger charge is 2.22. The Kier molecular flexibility index (Phi) is 7.53. The van der Waals surface area contributed by atoms with Crippen molar-refractivity contribution in [3.8, 4) is 0 Å². The van der Waals surface area contributed by atoms with E-state index in [1.54, 1.807) is 0 Å². The van der Waals surface area contributed by atoms with E-state index in [0.717, 1.165) is 50.0 Å². The van der Waals surface area contributed by atoms with E-state index in [-0.39, 0.29) is 24.9 Å². The third kappa shape index (κ3) is 5.86. The fraction of sp³-hybridized carbons (Fsp3) is 0.650. The minimum absolute atomic E-state index is 0.0760. The van der Waals surface area contributed by atoms with Gasteiger partial charge in [-0.1, -0.05) is 12.8 Å². The molecule has 0 radical (unpaired) electrons. The van der Waals surface area contributed by atoms with Gasteiger partial charge in [-0.25, -0.2) is 8.42 Å². The van der Waals surface area contributed by atoms with E-state index in [1.165, 1.54) is 10.6 Å². The number of benzene rings is 1. The lowest BCUT2D eigenvalue weighted by molar-refractivity contribution is -0.121. The van der Waals surface area contributed by atoms with Gasteiger partial charge in [-0.05, 0) is 57.4 Å². The van der Waals surface area contributed by atoms with Gasteiger partial charge in [0.1, 0.15) is 0 Å². The minimum Gasteiger partial charge on any atom is -0.372 e. The van der Waals surface area contributed by atoms with Gasteiger partial charge in [-0.3, -0.25) is 9.10 Å². The molecule has 2 rings (SSSR count). The first kappa shape index (κ1) is 21.5. The molecule has 1 saturated carbocycles. The zero-order chi connectivity index (χ0) is 20.0. The van der Waals surface area contributed by atoms with Crippen LogP contribution in [-0.2, 0) is 14.8 Å². The first-order chi connectivity index (χ1) is 12.8. The van der Waals surface area contributed by atoms with Crippen LogP contribution in [0.1, 0.15) is 51.5 Å². The number of carbonyl (C=O) groups is 1. The quantitative estimate of drug-likeness (QED) is 0.698. The van der Waals surface area contributed by atoms with Gasteiger partial charge < -0.3 is 10.2 Å². The van der Waals surface area contributed by atoms with Crippen molar-refractivity contribution >= 4 is 27.3 Å². The molecule has 1 amide bonds. The van der Waals surface area contributed by atoms with E-state index >= 15 is 0 Å². The summed E-state index contributed by atoms with van der Waals surface area (Å²) in [7, 11) is -3.47. The van der Waals surface area contributed by atoms with Crippen LogP contribution in [0.4, 0.5) is 11.4 Å². The summed E-state index contributed by atoms with van der Waals surface area (Å²) < 4.78 is 26.1. The summed E-state index contributed by atoms with van der Waals surface area (Å²) in [6.45, 7) is 8.05. The Morgan fingerprint density at radius 3 is 2.33 bits per heavy atom. The van der Waals surface area contributed by atoms with Crippen LogP contribution in [0.5, 0.6) is 0 Å². The van der Waals surface area contributed by atoms with Crippen molar-refractivity contribution in [3.63, 3.8) is 0 Å². The molecule has 1 aliphatic rings. The lowest BCUT2D eigenvalue weighted by Gasteiger charge is -2.27. The summed E-state index contributed by atoms with van der Waals surface area (Å²) in [6, 6.07) is 6.06. The molecule has 1 aliphatic carbocycles. The highest BCUT2D eigenvalue weighted by molar-refractivity contribution is 7.92. The lowest BCUT2D eigenvalue weighted by atomic mass is 10.1. The van der Waals surface area contributed by atoms with Crippen LogP contribution in [0.25, 0.3) is 0 Å². The van der Waals surface area contributed by atoms with Crippen molar-refractivity contribution in [2.75, 3.05) is 35.1 Å². The summed E-state index contributed by atoms with van der Waals surface area (Å²) in [5.74, 6) is -0.0760. The molecular weight excluding hydrogens is 362 g/mol. The van der Waals surface area contributed by atoms with Crippen LogP contribution in [0.2, 0.25) is 0 Å². The molecule has 0 atom stereocenters. The zero-order valence-electron chi connectivity index (χ0n) is 17.0. The van der Waals surface area contributed by atoms with Crippen molar-refractivity contribution in [3.05, 3.63) is 23.8 Å². The molecule has 0 heterocycles. The smallest absolute Gasteiger partial charge is 0.232 e. The van der Waals surface area contributed by atoms with Gasteiger partial charge in [-0.2, -0.15) is 0 Å². The summed E-state index contributed by atoms with van der Waals surface area (Å²) >= 11 is 0. The van der Waals surface area contributed by atoms with Gasteiger partial charge in [0.25, 0.3) is 0 Å². The molecule has 1 fully saturated rings. The molecule has 0 saturated heterocycles. The molecule has 0 unspecified atom stereocenters. The molecule has 27 heavy (non-hydrogen) atoms. The van der Waals surface area contributed by atoms with E-state index < -0.39 is 10.0 Å². The SMILES string of the molecule is CCN(CC)c1ccc(N(CCC(=O)NC2CCCC2)S(C)(=O)=O)c(C)c1. The lowest BCUT2D eigenvalue weighted by Crippen LogP contribution is -2.37. The number of carbonyl (C=O) groups excluding carboxylic acids is 1. The second-order valence-corrected chi connectivity index (χ2v) is 9.18. The van der Waals surface area contributed by atoms with Crippen LogP contribution in [0.15, 0.2) is 18.2 Å². The van der Waals surface area contributed by atoms with Crippen LogP contribution in [0.3, 0.4) is 0 Å². The number of nitrogens with one attached hydrogen (secondary N) is 1. The molecule has 0 spiro atoms. The zero-order valence-corrected chi connectivity index (χ0v) is 17.8. The Labute approximate surface area is 164 Å². The second-order valence-electron chi connectivity index (χ2n) is 7.28. The number of nitrogens with zero attached hydrogens (tertiary/aromatic N) is 2. The van der Waals surface area contributed by atoms with Crippen molar-refractivity contribution in [1.82, 2.24) is 5.32 Å². The number of anilines is 2. The molecule has 0 aliphatic heterocycles. The van der Waals surface area contributed by atoms with Gasteiger partial charge >= 0.3 is 0 Å². The molecule has 7 heteroatoms. The van der Waals surface area contributed by atoms with E-state index in [9.17, 15) is 13.2 Å². The number of amides is 1. The molecule has 0 aromatic heterocycles. The first-order valence-corrected chi connectivity index (χ1v) is 11.7. The van der Waals surface area contributed by atoms with Crippen molar-refractivity contribution in [1.29, 1.82) is 0 Å². The number of hydrogen-bond donors (Lipinski definition) is 1. The topological polar surface area (TPSA) is 69.7 Å². The molecule has 1 aromatic rings. The number of aryl methyl sites for hydroxylation is 1. The second kappa shape index (κ2) is 9.44. The van der Waals surface area contributed by atoms with Crippen LogP contribution >= 0.6 is 0 Å². The summed E-state index contributed by atoms with van der Waals surface area (Å²) in [4.78, 5) is 14.4. The monoisotopic (exact) mass is 395 g/mol. The Morgan fingerprint density at radius 1 is 1.19 bits per heavy atom. The minimum atomic E-state index is -3.47. The maximum Gasteiger partial charge on any atom is 0.232 e. The van der Waals surface area contributed by atoms with E-state index in [4.69, 9.17) is 0 Å². The van der Waals surface area contributed by atoms with Crippen molar-refractivity contribution in [2.24, 2.45) is 0 Å². The molecule has 152 valence electrons. The third-order valence-corrected chi connectivity index (χ3v) is 6.42. The fourth-order valence-electron chi connectivity index (χ4n) is 3.74. The first-order valence-electron chi connectivity index (χ1n) is 9.89. The average Bonchev–Trinajstić information content (AvgIpc) is 3.09. The predicted octanol–water partition coefficient (Wildman–Crippen LogP) is 3.06. The third-order valence-electron chi connectivity index (χ3n) is 5.24. The van der Waals surface area contributed by atoms with Crippen LogP contribution in [-0.4, -0.2) is 46.3 Å². The van der Waals surface area contributed by atoms with E-state index in [0.29, 0.717) is 5.69 Å². The van der Waals surface area contributed by atoms with Gasteiger partial charge in [-0.15, -0.1) is 0 Å². The summed E-state index contributed by atoms with van der Waals surface area (Å²) in [5, 5.41) is 3.02. The van der Waals surface area contributed by atoms with Gasteiger partial charge in [0, 0.05) is 37.8 Å². The Hall–Kier alpha value is -1.76. The highest BCUT2D eigenvalue weighted by Crippen LogP contribution is 2.27. The Bertz CT molecular complexity index is 739. The average molecular weight is 396 g/mol. The van der Waals surface area contributed by atoms with E-state index in [2.05, 4.69) is 24.1 Å². The molecule has 1 N–H and O–H groups in total. The normalized spacial score (nSPS) is 15.0. The van der Waals surface area contributed by atoms with Crippen LogP contribution in [0, 0.1) is 6.92 Å². The number of rotatable bonds is 9. The van der Waals surface area contributed by atoms with Gasteiger partial charge in [0.05, 0.1) is 11.9 Å². The van der Waals surface area contributed by atoms with Crippen LogP contribution < -0.4 is 14.5 Å². The molecule has 1 aromatic carbocycles. The van der Waals surface area contributed by atoms with Gasteiger partial charge in [0.15, 0.2) is 0 Å². The largest absolute Gasteiger partial charge is 0.372 e. The number of sulfonamides is 1. The molecule has 6 nitrogen and oxygen atoms in total. The van der Waals surface area contributed by atoms with Gasteiger partial charge in [0.2, 0.25) is 15.9 Å². The Morgan fingerprint density at radius 2 is 1.81 bits per heavy atom. The van der Waals surface area contributed by atoms with Crippen molar-refractivity contribution < 1.29 is 13.2 Å². The molecular formula is C20H33N3O3S.